The molecule has 1 atom stereocenters. The number of para-hydroxylation sites is 1. The fourth-order valence-corrected chi connectivity index (χ4v) is 6.04. The molecule has 2 aliphatic heterocycles. The second kappa shape index (κ2) is 10.4. The van der Waals surface area contributed by atoms with E-state index in [1.54, 1.807) is 29.2 Å². The van der Waals surface area contributed by atoms with E-state index in [1.165, 1.54) is 29.3 Å². The van der Waals surface area contributed by atoms with Crippen LogP contribution in [0.25, 0.3) is 10.2 Å². The van der Waals surface area contributed by atoms with E-state index in [4.69, 9.17) is 4.74 Å². The van der Waals surface area contributed by atoms with Crippen LogP contribution in [0, 0.1) is 5.82 Å². The van der Waals surface area contributed by atoms with Crippen LogP contribution in [0.15, 0.2) is 73.4 Å². The number of aromatic nitrogens is 1. The molecule has 0 bridgehead atoms. The zero-order chi connectivity index (χ0) is 27.8. The summed E-state index contributed by atoms with van der Waals surface area (Å²) in [5.74, 6) is -0.353. The van der Waals surface area contributed by atoms with E-state index in [0.717, 1.165) is 24.2 Å². The summed E-state index contributed by atoms with van der Waals surface area (Å²) in [6.07, 6.45) is 4.26. The second-order valence-electron chi connectivity index (χ2n) is 9.41. The molecule has 40 heavy (non-hydrogen) atoms. The molecule has 0 radical (unpaired) electrons. The van der Waals surface area contributed by atoms with Crippen LogP contribution in [0.2, 0.25) is 0 Å². The highest BCUT2D eigenvalue weighted by atomic mass is 32.1. The summed E-state index contributed by atoms with van der Waals surface area (Å²) < 4.78 is 21.1. The largest absolute Gasteiger partial charge is 0.457 e. The molecule has 2 aliphatic rings. The molecule has 0 aliphatic carbocycles. The Morgan fingerprint density at radius 2 is 1.98 bits per heavy atom. The van der Waals surface area contributed by atoms with Crippen LogP contribution in [0.1, 0.15) is 22.5 Å². The minimum absolute atomic E-state index is 0.0300. The number of benzene rings is 2. The van der Waals surface area contributed by atoms with E-state index in [9.17, 15) is 14.4 Å². The standard InChI is InChI=1S/C29H24FN5O4S/c1-2-23(36)34-14-6-7-17(16-34)32-27(37)26-25-24-22(12-13-31-28(24)40-26)35(29(38)33-25)21-11-10-19(15-20(21)30)39-18-8-4-3-5-9-18/h2-5,8-13,15,17H,1,6-7,14,16H2,(H,32,37)(H,33,38)/t17-/m1/s1. The predicted octanol–water partition coefficient (Wildman–Crippen LogP) is 5.82. The Kier molecular flexibility index (Phi) is 6.64. The molecule has 202 valence electrons. The maximum absolute atomic E-state index is 15.4. The molecule has 9 nitrogen and oxygen atoms in total. The van der Waals surface area contributed by atoms with Crippen LogP contribution in [-0.4, -0.2) is 46.9 Å². The molecule has 0 spiro atoms. The van der Waals surface area contributed by atoms with Crippen molar-refractivity contribution in [2.24, 2.45) is 0 Å². The van der Waals surface area contributed by atoms with Gasteiger partial charge in [-0.2, -0.15) is 0 Å². The first-order valence-electron chi connectivity index (χ1n) is 12.7. The van der Waals surface area contributed by atoms with Crippen molar-refractivity contribution >= 4 is 56.5 Å². The van der Waals surface area contributed by atoms with E-state index in [0.29, 0.717) is 45.3 Å². The van der Waals surface area contributed by atoms with Gasteiger partial charge in [0.15, 0.2) is 5.82 Å². The number of hydrogen-bond donors (Lipinski definition) is 2. The average molecular weight is 558 g/mol. The van der Waals surface area contributed by atoms with Crippen molar-refractivity contribution in [2.75, 3.05) is 23.3 Å². The van der Waals surface area contributed by atoms with Gasteiger partial charge in [0.1, 0.15) is 21.2 Å². The molecule has 2 aromatic carbocycles. The maximum Gasteiger partial charge on any atom is 0.331 e. The number of likely N-dealkylation sites (tertiary alicyclic amines) is 1. The number of piperidine rings is 1. The molecule has 2 aromatic heterocycles. The summed E-state index contributed by atoms with van der Waals surface area (Å²) in [6.45, 7) is 4.53. The highest BCUT2D eigenvalue weighted by Crippen LogP contribution is 2.46. The van der Waals surface area contributed by atoms with Crippen LogP contribution in [0.3, 0.4) is 0 Å². The van der Waals surface area contributed by atoms with Gasteiger partial charge in [0.05, 0.1) is 22.4 Å². The number of pyridine rings is 1. The van der Waals surface area contributed by atoms with E-state index < -0.39 is 11.8 Å². The molecule has 11 heteroatoms. The van der Waals surface area contributed by atoms with Crippen molar-refractivity contribution in [3.63, 3.8) is 0 Å². The highest BCUT2D eigenvalue weighted by Gasteiger charge is 2.34. The Hall–Kier alpha value is -4.77. The number of thiophene rings is 1. The molecule has 4 aromatic rings. The van der Waals surface area contributed by atoms with Crippen molar-refractivity contribution in [3.8, 4) is 11.5 Å². The molecule has 0 saturated carbocycles. The van der Waals surface area contributed by atoms with Crippen LogP contribution in [0.4, 0.5) is 26.2 Å². The number of nitrogens with one attached hydrogen (secondary N) is 2. The Morgan fingerprint density at radius 3 is 2.75 bits per heavy atom. The maximum atomic E-state index is 15.4. The van der Waals surface area contributed by atoms with Gasteiger partial charge in [0, 0.05) is 31.4 Å². The van der Waals surface area contributed by atoms with E-state index in [2.05, 4.69) is 22.2 Å². The van der Waals surface area contributed by atoms with Crippen LogP contribution in [0.5, 0.6) is 11.5 Å². The van der Waals surface area contributed by atoms with Gasteiger partial charge in [-0.15, -0.1) is 11.3 Å². The minimum atomic E-state index is -0.652. The zero-order valence-corrected chi connectivity index (χ0v) is 22.0. The van der Waals surface area contributed by atoms with Crippen molar-refractivity contribution in [1.29, 1.82) is 0 Å². The number of anilines is 3. The Balaban J connectivity index is 1.29. The first-order valence-corrected chi connectivity index (χ1v) is 13.5. The van der Waals surface area contributed by atoms with Gasteiger partial charge in [0.2, 0.25) is 5.91 Å². The molecule has 1 saturated heterocycles. The molecular weight excluding hydrogens is 533 g/mol. The summed E-state index contributed by atoms with van der Waals surface area (Å²) in [5.41, 5.74) is 0.777. The van der Waals surface area contributed by atoms with E-state index in [-0.39, 0.29) is 29.3 Å². The second-order valence-corrected chi connectivity index (χ2v) is 10.4. The van der Waals surface area contributed by atoms with Crippen LogP contribution in [-0.2, 0) is 4.79 Å². The van der Waals surface area contributed by atoms with Gasteiger partial charge >= 0.3 is 6.03 Å². The molecule has 6 rings (SSSR count). The predicted molar refractivity (Wildman–Crippen MR) is 151 cm³/mol. The topological polar surface area (TPSA) is 104 Å². The third kappa shape index (κ3) is 4.64. The summed E-state index contributed by atoms with van der Waals surface area (Å²) in [7, 11) is 0. The lowest BCUT2D eigenvalue weighted by Crippen LogP contribution is -2.49. The summed E-state index contributed by atoms with van der Waals surface area (Å²) in [5, 5.41) is 6.32. The Labute approximate surface area is 232 Å². The van der Waals surface area contributed by atoms with Gasteiger partial charge in [-0.05, 0) is 49.2 Å². The molecular formula is C29H24FN5O4S. The third-order valence-electron chi connectivity index (χ3n) is 6.83. The number of halogens is 1. The molecule has 4 heterocycles. The lowest BCUT2D eigenvalue weighted by Gasteiger charge is -2.32. The van der Waals surface area contributed by atoms with Gasteiger partial charge in [0.25, 0.3) is 5.91 Å². The Morgan fingerprint density at radius 1 is 1.15 bits per heavy atom. The SMILES string of the molecule is C=CC(=O)N1CCC[C@@H](NC(=O)c2sc3nccc4c3c2NC(=O)N4c2ccc(Oc3ccccc3)cc2F)C1. The lowest BCUT2D eigenvalue weighted by molar-refractivity contribution is -0.127. The van der Waals surface area contributed by atoms with Gasteiger partial charge in [-0.25, -0.2) is 14.2 Å². The van der Waals surface area contributed by atoms with Crippen LogP contribution >= 0.6 is 11.3 Å². The number of carbonyl (C=O) groups excluding carboxylic acids is 3. The molecule has 2 N–H and O–H groups in total. The van der Waals surface area contributed by atoms with E-state index in [1.807, 2.05) is 18.2 Å². The van der Waals surface area contributed by atoms with Crippen LogP contribution < -0.4 is 20.3 Å². The van der Waals surface area contributed by atoms with Crippen molar-refractivity contribution < 1.29 is 23.5 Å². The minimum Gasteiger partial charge on any atom is -0.457 e. The number of carbonyl (C=O) groups is 3. The first-order chi connectivity index (χ1) is 19.4. The summed E-state index contributed by atoms with van der Waals surface area (Å²) in [4.78, 5) is 46.9. The smallest absolute Gasteiger partial charge is 0.331 e. The quantitative estimate of drug-likeness (QED) is 0.291. The zero-order valence-electron chi connectivity index (χ0n) is 21.2. The first kappa shape index (κ1) is 25.5. The Bertz CT molecular complexity index is 1660. The number of ether oxygens (including phenoxy) is 1. The van der Waals surface area contributed by atoms with Gasteiger partial charge in [-0.3, -0.25) is 14.5 Å². The number of urea groups is 1. The fourth-order valence-electron chi connectivity index (χ4n) is 5.02. The lowest BCUT2D eigenvalue weighted by atomic mass is 10.1. The molecule has 1 fully saturated rings. The fraction of sp³-hybridized carbons (Fsp3) is 0.172. The number of amides is 4. The van der Waals surface area contributed by atoms with E-state index >= 15 is 4.39 Å². The number of rotatable bonds is 6. The summed E-state index contributed by atoms with van der Waals surface area (Å²) in [6, 6.07) is 14.1. The third-order valence-corrected chi connectivity index (χ3v) is 7.93. The number of nitrogens with zero attached hydrogens (tertiary/aromatic N) is 3. The molecule has 4 amide bonds. The monoisotopic (exact) mass is 557 g/mol. The normalized spacial score (nSPS) is 16.4. The van der Waals surface area contributed by atoms with Crippen molar-refractivity contribution in [3.05, 3.63) is 84.1 Å². The average Bonchev–Trinajstić information content (AvgIpc) is 3.33. The molecule has 0 unspecified atom stereocenters. The highest BCUT2D eigenvalue weighted by molar-refractivity contribution is 7.21. The summed E-state index contributed by atoms with van der Waals surface area (Å²) >= 11 is 1.14. The number of hydrogen-bond acceptors (Lipinski definition) is 6. The van der Waals surface area contributed by atoms with Crippen molar-refractivity contribution in [1.82, 2.24) is 15.2 Å². The van der Waals surface area contributed by atoms with Crippen molar-refractivity contribution in [2.45, 2.75) is 18.9 Å². The van der Waals surface area contributed by atoms with Gasteiger partial charge in [-0.1, -0.05) is 24.8 Å². The van der Waals surface area contributed by atoms with Gasteiger partial charge < -0.3 is 20.3 Å².